The molecule has 42 heavy (non-hydrogen) atoms. The number of benzene rings is 3. The average molecular weight is 587 g/mol. The quantitative estimate of drug-likeness (QED) is 0.225. The molecule has 0 amide bonds. The maximum atomic E-state index is 13.7. The second kappa shape index (κ2) is 11.0. The van der Waals surface area contributed by atoms with Crippen LogP contribution in [0.1, 0.15) is 47.4 Å². The van der Waals surface area contributed by atoms with Crippen molar-refractivity contribution in [1.82, 2.24) is 0 Å². The Labute approximate surface area is 255 Å². The van der Waals surface area contributed by atoms with E-state index >= 15 is 0 Å². The summed E-state index contributed by atoms with van der Waals surface area (Å²) in [4.78, 5) is 34.5. The Morgan fingerprint density at radius 1 is 0.595 bits per heavy atom. The molecule has 2 aliphatic heterocycles. The number of Topliss-reactive ketones (excluding diaryl/α,β-unsaturated/α-hetero) is 2. The van der Waals surface area contributed by atoms with Crippen molar-refractivity contribution in [3.63, 3.8) is 0 Å². The zero-order valence-electron chi connectivity index (χ0n) is 23.6. The van der Waals surface area contributed by atoms with Crippen molar-refractivity contribution in [3.05, 3.63) is 141 Å². The molecule has 6 heteroatoms. The minimum Gasteiger partial charge on any atom is -0.335 e. The Morgan fingerprint density at radius 2 is 1.02 bits per heavy atom. The molecule has 0 bridgehead atoms. The highest BCUT2D eigenvalue weighted by atomic mass is 32.2. The monoisotopic (exact) mass is 586 g/mol. The van der Waals surface area contributed by atoms with E-state index < -0.39 is 0 Å². The maximum absolute atomic E-state index is 13.7. The van der Waals surface area contributed by atoms with E-state index in [0.717, 1.165) is 52.7 Å². The van der Waals surface area contributed by atoms with Crippen molar-refractivity contribution in [1.29, 1.82) is 0 Å². The number of anilines is 2. The third kappa shape index (κ3) is 4.41. The van der Waals surface area contributed by atoms with Crippen molar-refractivity contribution in [3.8, 4) is 0 Å². The molecule has 0 unspecified atom stereocenters. The van der Waals surface area contributed by atoms with Crippen LogP contribution in [0.5, 0.6) is 0 Å². The largest absolute Gasteiger partial charge is 0.335 e. The molecule has 0 aromatic heterocycles. The van der Waals surface area contributed by atoms with Gasteiger partial charge in [-0.05, 0) is 79.8 Å². The summed E-state index contributed by atoms with van der Waals surface area (Å²) >= 11 is 3.52. The van der Waals surface area contributed by atoms with Gasteiger partial charge in [-0.25, -0.2) is 0 Å². The molecule has 0 spiro atoms. The summed E-state index contributed by atoms with van der Waals surface area (Å²) < 4.78 is 0. The first kappa shape index (κ1) is 26.9. The minimum absolute atomic E-state index is 0.166. The summed E-state index contributed by atoms with van der Waals surface area (Å²) in [6.45, 7) is 6.05. The van der Waals surface area contributed by atoms with Gasteiger partial charge in [0, 0.05) is 34.0 Å². The van der Waals surface area contributed by atoms with E-state index in [1.54, 1.807) is 35.7 Å². The van der Waals surface area contributed by atoms with Crippen molar-refractivity contribution in [2.45, 2.75) is 36.5 Å². The number of carbonyl (C=O) groups excluding carboxylic acids is 2. The molecule has 2 aliphatic carbocycles. The first-order valence-corrected chi connectivity index (χ1v) is 16.1. The second-order valence-electron chi connectivity index (χ2n) is 10.5. The molecule has 3 aromatic carbocycles. The highest BCUT2D eigenvalue weighted by Crippen LogP contribution is 2.48. The number of ketones is 2. The minimum atomic E-state index is -0.166. The van der Waals surface area contributed by atoms with Crippen LogP contribution in [0.2, 0.25) is 0 Å². The van der Waals surface area contributed by atoms with Crippen LogP contribution in [0.15, 0.2) is 139 Å². The molecule has 0 radical (unpaired) electrons. The third-order valence-electron chi connectivity index (χ3n) is 8.19. The summed E-state index contributed by atoms with van der Waals surface area (Å²) in [5.41, 5.74) is 6.65. The zero-order valence-corrected chi connectivity index (χ0v) is 25.2. The first-order valence-electron chi connectivity index (χ1n) is 14.4. The number of para-hydroxylation sites is 2. The van der Waals surface area contributed by atoms with E-state index in [1.165, 1.54) is 21.2 Å². The lowest BCUT2D eigenvalue weighted by Gasteiger charge is -2.17. The van der Waals surface area contributed by atoms with Crippen LogP contribution in [0.4, 0.5) is 11.4 Å². The molecule has 4 aliphatic rings. The smallest absolute Gasteiger partial charge is 0.198 e. The average Bonchev–Trinajstić information content (AvgIpc) is 3.75. The summed E-state index contributed by atoms with van der Waals surface area (Å²) in [5, 5.41) is 2.31. The van der Waals surface area contributed by atoms with Gasteiger partial charge in [-0.2, -0.15) is 0 Å². The number of carbonyl (C=O) groups is 2. The molecule has 3 aromatic rings. The van der Waals surface area contributed by atoms with Crippen LogP contribution in [0.3, 0.4) is 0 Å². The fraction of sp³-hybridized carbons (Fsp3) is 0.167. The fourth-order valence-corrected chi connectivity index (χ4v) is 8.47. The molecule has 0 saturated heterocycles. The van der Waals surface area contributed by atoms with Crippen LogP contribution in [0.25, 0.3) is 0 Å². The predicted octanol–water partition coefficient (Wildman–Crippen LogP) is 8.96. The lowest BCUT2D eigenvalue weighted by Crippen LogP contribution is -2.16. The van der Waals surface area contributed by atoms with Gasteiger partial charge in [-0.15, -0.1) is 0 Å². The van der Waals surface area contributed by atoms with Gasteiger partial charge in [0.25, 0.3) is 0 Å². The Kier molecular flexibility index (Phi) is 7.04. The Bertz CT molecular complexity index is 1680. The third-order valence-corrected chi connectivity index (χ3v) is 10.4. The molecule has 2 heterocycles. The van der Waals surface area contributed by atoms with E-state index in [0.29, 0.717) is 16.7 Å². The van der Waals surface area contributed by atoms with Crippen molar-refractivity contribution in [2.75, 3.05) is 22.9 Å². The lowest BCUT2D eigenvalue weighted by molar-refractivity contribution is 0.0987. The molecule has 4 nitrogen and oxygen atoms in total. The van der Waals surface area contributed by atoms with Crippen LogP contribution in [-0.2, 0) is 0 Å². The van der Waals surface area contributed by atoms with Crippen LogP contribution in [-0.4, -0.2) is 24.7 Å². The van der Waals surface area contributed by atoms with Gasteiger partial charge in [0.1, 0.15) is 0 Å². The van der Waals surface area contributed by atoms with E-state index in [-0.39, 0.29) is 11.6 Å². The van der Waals surface area contributed by atoms with Gasteiger partial charge in [0.15, 0.2) is 11.6 Å². The number of hydrogen-bond donors (Lipinski definition) is 0. The molecular formula is C36H30N2O2S2. The predicted molar refractivity (Wildman–Crippen MR) is 174 cm³/mol. The van der Waals surface area contributed by atoms with E-state index in [1.807, 2.05) is 12.1 Å². The van der Waals surface area contributed by atoms with E-state index in [2.05, 4.69) is 96.5 Å². The Morgan fingerprint density at radius 3 is 1.48 bits per heavy atom. The lowest BCUT2D eigenvalue weighted by atomic mass is 9.95. The highest BCUT2D eigenvalue weighted by molar-refractivity contribution is 8.04. The number of thioether (sulfide) groups is 2. The van der Waals surface area contributed by atoms with Crippen LogP contribution in [0, 0.1) is 0 Å². The molecule has 7 rings (SSSR count). The Balaban J connectivity index is 1.31. The number of fused-ring (bicyclic) bond motifs is 3. The second-order valence-corrected chi connectivity index (χ2v) is 12.6. The highest BCUT2D eigenvalue weighted by Gasteiger charge is 2.38. The number of allylic oxidation sites excluding steroid dienone is 8. The molecule has 1 saturated carbocycles. The summed E-state index contributed by atoms with van der Waals surface area (Å²) in [7, 11) is 0. The standard InChI is InChI=1S/C36H30N2O2S2/c1-3-37-27-13-7-9-15-29(27)41-31(37)21-19-23-17-18-24(20-22-32-38(4-2)28-14-8-10-16-30(28)42-32)33(23)34-35(39)25-11-5-6-12-26(25)36(34)40/h5-16,19-22H,3-4,17-18H2,1-2H3/b23-19+,24-20?,31-21+,32-22?. The molecule has 208 valence electrons. The summed E-state index contributed by atoms with van der Waals surface area (Å²) in [5.74, 6) is -0.333. The number of hydrogen-bond acceptors (Lipinski definition) is 6. The Hall–Kier alpha value is -4.00. The number of rotatable bonds is 4. The SMILES string of the molecule is CCN1C(=CC=C2CC/C(=C\C=C3\Sc4ccccc4N3CC)C2=C2C(=O)c3ccccc3C2=O)Sc2ccccc21. The van der Waals surface area contributed by atoms with Crippen molar-refractivity contribution < 1.29 is 9.59 Å². The van der Waals surface area contributed by atoms with Crippen molar-refractivity contribution >= 4 is 46.5 Å². The molecule has 0 N–H and O–H groups in total. The molecular weight excluding hydrogens is 557 g/mol. The normalized spacial score (nSPS) is 21.5. The molecule has 0 atom stereocenters. The molecule has 1 fully saturated rings. The number of nitrogens with zero attached hydrogens (tertiary/aromatic N) is 2. The van der Waals surface area contributed by atoms with Gasteiger partial charge < -0.3 is 9.80 Å². The summed E-state index contributed by atoms with van der Waals surface area (Å²) in [6, 6.07) is 24.1. The van der Waals surface area contributed by atoms with Gasteiger partial charge in [-0.1, -0.05) is 84.2 Å². The van der Waals surface area contributed by atoms with Crippen LogP contribution < -0.4 is 9.80 Å². The zero-order chi connectivity index (χ0) is 28.8. The van der Waals surface area contributed by atoms with Crippen molar-refractivity contribution in [2.24, 2.45) is 0 Å². The summed E-state index contributed by atoms with van der Waals surface area (Å²) in [6.07, 6.45) is 10.1. The van der Waals surface area contributed by atoms with Crippen LogP contribution >= 0.6 is 23.5 Å². The fourth-order valence-electron chi connectivity index (χ4n) is 6.21. The van der Waals surface area contributed by atoms with E-state index in [9.17, 15) is 9.59 Å². The van der Waals surface area contributed by atoms with Gasteiger partial charge in [-0.3, -0.25) is 9.59 Å². The van der Waals surface area contributed by atoms with Gasteiger partial charge in [0.05, 0.1) is 27.0 Å². The first-order chi connectivity index (χ1) is 20.6. The van der Waals surface area contributed by atoms with Gasteiger partial charge in [0.2, 0.25) is 0 Å². The van der Waals surface area contributed by atoms with Gasteiger partial charge >= 0.3 is 0 Å². The van der Waals surface area contributed by atoms with E-state index in [4.69, 9.17) is 0 Å². The maximum Gasteiger partial charge on any atom is 0.198 e. The topological polar surface area (TPSA) is 40.6 Å².